The van der Waals surface area contributed by atoms with Crippen molar-refractivity contribution in [3.8, 4) is 5.75 Å². The van der Waals surface area contributed by atoms with E-state index in [1.54, 1.807) is 14.2 Å². The highest BCUT2D eigenvalue weighted by Crippen LogP contribution is 2.28. The zero-order chi connectivity index (χ0) is 13.4. The molecule has 0 aliphatic heterocycles. The van der Waals surface area contributed by atoms with Crippen molar-refractivity contribution in [2.24, 2.45) is 0 Å². The van der Waals surface area contributed by atoms with E-state index in [-0.39, 0.29) is 12.3 Å². The van der Waals surface area contributed by atoms with Gasteiger partial charge in [0, 0.05) is 19.8 Å². The average molecular weight is 253 g/mol. The van der Waals surface area contributed by atoms with Crippen LogP contribution >= 0.6 is 0 Å². The standard InChI is InChI=1S/C14H23NO3/c1-5-15-13(14(16-3)17-4)11-9-7-8-10-12(11)18-6-2/h7-10,13-15H,5-6H2,1-4H3. The molecule has 4 nitrogen and oxygen atoms in total. The van der Waals surface area contributed by atoms with Crippen LogP contribution in [0.15, 0.2) is 24.3 Å². The maximum atomic E-state index is 5.65. The van der Waals surface area contributed by atoms with Gasteiger partial charge in [-0.15, -0.1) is 0 Å². The third-order valence-electron chi connectivity index (χ3n) is 2.71. The lowest BCUT2D eigenvalue weighted by molar-refractivity contribution is -0.124. The van der Waals surface area contributed by atoms with E-state index in [0.717, 1.165) is 17.9 Å². The summed E-state index contributed by atoms with van der Waals surface area (Å²) >= 11 is 0. The number of likely N-dealkylation sites (N-methyl/N-ethyl adjacent to an activating group) is 1. The molecular weight excluding hydrogens is 230 g/mol. The molecule has 0 fully saturated rings. The Morgan fingerprint density at radius 3 is 2.33 bits per heavy atom. The number of rotatable bonds is 8. The first-order valence-corrected chi connectivity index (χ1v) is 6.29. The monoisotopic (exact) mass is 253 g/mol. The fraction of sp³-hybridized carbons (Fsp3) is 0.571. The highest BCUT2D eigenvalue weighted by atomic mass is 16.7. The third kappa shape index (κ3) is 3.70. The molecule has 1 N–H and O–H groups in total. The highest BCUT2D eigenvalue weighted by Gasteiger charge is 2.24. The molecule has 0 aliphatic rings. The zero-order valence-corrected chi connectivity index (χ0v) is 11.6. The van der Waals surface area contributed by atoms with Crippen molar-refractivity contribution in [3.63, 3.8) is 0 Å². The smallest absolute Gasteiger partial charge is 0.176 e. The lowest BCUT2D eigenvalue weighted by Gasteiger charge is -2.27. The van der Waals surface area contributed by atoms with Gasteiger partial charge in [-0.2, -0.15) is 0 Å². The van der Waals surface area contributed by atoms with Crippen LogP contribution in [0.25, 0.3) is 0 Å². The average Bonchev–Trinajstić information content (AvgIpc) is 2.40. The molecule has 1 atom stereocenters. The largest absolute Gasteiger partial charge is 0.494 e. The third-order valence-corrected chi connectivity index (χ3v) is 2.71. The molecule has 1 aromatic carbocycles. The van der Waals surface area contributed by atoms with E-state index in [2.05, 4.69) is 12.2 Å². The van der Waals surface area contributed by atoms with Crippen molar-refractivity contribution in [1.82, 2.24) is 5.32 Å². The summed E-state index contributed by atoms with van der Waals surface area (Å²) in [4.78, 5) is 0. The number of methoxy groups -OCH3 is 2. The van der Waals surface area contributed by atoms with E-state index in [1.807, 2.05) is 31.2 Å². The van der Waals surface area contributed by atoms with Gasteiger partial charge in [-0.25, -0.2) is 0 Å². The SMILES string of the molecule is CCNC(c1ccccc1OCC)C(OC)OC. The van der Waals surface area contributed by atoms with Crippen LogP contribution in [0.1, 0.15) is 25.5 Å². The fourth-order valence-electron chi connectivity index (χ4n) is 1.97. The molecule has 18 heavy (non-hydrogen) atoms. The molecule has 0 bridgehead atoms. The topological polar surface area (TPSA) is 39.7 Å². The van der Waals surface area contributed by atoms with E-state index in [0.29, 0.717) is 6.61 Å². The summed E-state index contributed by atoms with van der Waals surface area (Å²) in [6.45, 7) is 5.50. The minimum atomic E-state index is -0.341. The van der Waals surface area contributed by atoms with Gasteiger partial charge in [0.25, 0.3) is 0 Å². The molecular formula is C14H23NO3. The first kappa shape index (κ1) is 15.0. The molecule has 0 saturated heterocycles. The van der Waals surface area contributed by atoms with Gasteiger partial charge in [-0.05, 0) is 19.5 Å². The van der Waals surface area contributed by atoms with Gasteiger partial charge in [0.05, 0.1) is 12.6 Å². The van der Waals surface area contributed by atoms with Crippen LogP contribution in [-0.4, -0.2) is 33.7 Å². The van der Waals surface area contributed by atoms with Crippen molar-refractivity contribution in [2.45, 2.75) is 26.2 Å². The van der Waals surface area contributed by atoms with Crippen LogP contribution < -0.4 is 10.1 Å². The maximum absolute atomic E-state index is 5.65. The second kappa shape index (κ2) is 8.08. The van der Waals surface area contributed by atoms with Gasteiger partial charge in [-0.3, -0.25) is 0 Å². The Morgan fingerprint density at radius 2 is 1.78 bits per heavy atom. The molecule has 0 saturated carbocycles. The van der Waals surface area contributed by atoms with E-state index in [9.17, 15) is 0 Å². The van der Waals surface area contributed by atoms with Gasteiger partial charge in [0.2, 0.25) is 0 Å². The summed E-state index contributed by atoms with van der Waals surface area (Å²) in [6.07, 6.45) is -0.341. The molecule has 1 unspecified atom stereocenters. The Balaban J connectivity index is 3.03. The Morgan fingerprint density at radius 1 is 1.11 bits per heavy atom. The van der Waals surface area contributed by atoms with E-state index in [1.165, 1.54) is 0 Å². The predicted octanol–water partition coefficient (Wildman–Crippen LogP) is 2.35. The lowest BCUT2D eigenvalue weighted by Crippen LogP contribution is -2.34. The molecule has 0 spiro atoms. The Labute approximate surface area is 109 Å². The van der Waals surface area contributed by atoms with E-state index in [4.69, 9.17) is 14.2 Å². The number of nitrogens with one attached hydrogen (secondary N) is 1. The first-order valence-electron chi connectivity index (χ1n) is 6.29. The van der Waals surface area contributed by atoms with Gasteiger partial charge >= 0.3 is 0 Å². The summed E-state index contributed by atoms with van der Waals surface area (Å²) in [5.41, 5.74) is 1.05. The van der Waals surface area contributed by atoms with Crippen molar-refractivity contribution >= 4 is 0 Å². The first-order chi connectivity index (χ1) is 8.78. The normalized spacial score (nSPS) is 12.7. The summed E-state index contributed by atoms with van der Waals surface area (Å²) in [5.74, 6) is 0.866. The summed E-state index contributed by atoms with van der Waals surface area (Å²) in [6, 6.07) is 7.90. The molecule has 1 rings (SSSR count). The van der Waals surface area contributed by atoms with E-state index >= 15 is 0 Å². The highest BCUT2D eigenvalue weighted by molar-refractivity contribution is 5.36. The van der Waals surface area contributed by atoms with Crippen molar-refractivity contribution < 1.29 is 14.2 Å². The molecule has 102 valence electrons. The molecule has 1 aromatic rings. The van der Waals surface area contributed by atoms with Crippen LogP contribution in [-0.2, 0) is 9.47 Å². The van der Waals surface area contributed by atoms with Crippen molar-refractivity contribution in [2.75, 3.05) is 27.4 Å². The Hall–Kier alpha value is -1.10. The van der Waals surface area contributed by atoms with Gasteiger partial charge < -0.3 is 19.5 Å². The summed E-state index contributed by atoms with van der Waals surface area (Å²) in [5, 5.41) is 3.37. The van der Waals surface area contributed by atoms with Crippen LogP contribution in [0.5, 0.6) is 5.75 Å². The number of para-hydroxylation sites is 1. The van der Waals surface area contributed by atoms with E-state index < -0.39 is 0 Å². The molecule has 0 amide bonds. The summed E-state index contributed by atoms with van der Waals surface area (Å²) < 4.78 is 16.4. The van der Waals surface area contributed by atoms with Crippen molar-refractivity contribution in [1.29, 1.82) is 0 Å². The van der Waals surface area contributed by atoms with Crippen LogP contribution in [0.4, 0.5) is 0 Å². The van der Waals surface area contributed by atoms with Crippen molar-refractivity contribution in [3.05, 3.63) is 29.8 Å². The zero-order valence-electron chi connectivity index (χ0n) is 11.6. The van der Waals surface area contributed by atoms with Crippen LogP contribution in [0.2, 0.25) is 0 Å². The Kier molecular flexibility index (Phi) is 6.72. The predicted molar refractivity (Wildman–Crippen MR) is 71.8 cm³/mol. The molecule has 0 heterocycles. The quantitative estimate of drug-likeness (QED) is 0.722. The number of benzene rings is 1. The maximum Gasteiger partial charge on any atom is 0.176 e. The molecule has 0 aromatic heterocycles. The van der Waals surface area contributed by atoms with Gasteiger partial charge in [-0.1, -0.05) is 25.1 Å². The van der Waals surface area contributed by atoms with Gasteiger partial charge in [0.1, 0.15) is 5.75 Å². The fourth-order valence-corrected chi connectivity index (χ4v) is 1.97. The number of ether oxygens (including phenoxy) is 3. The molecule has 0 radical (unpaired) electrons. The second-order valence-corrected chi connectivity index (χ2v) is 3.85. The van der Waals surface area contributed by atoms with Crippen LogP contribution in [0, 0.1) is 0 Å². The second-order valence-electron chi connectivity index (χ2n) is 3.85. The van der Waals surface area contributed by atoms with Gasteiger partial charge in [0.15, 0.2) is 6.29 Å². The Bertz CT molecular complexity index is 340. The molecule has 0 aliphatic carbocycles. The number of hydrogen-bond donors (Lipinski definition) is 1. The van der Waals surface area contributed by atoms with Crippen LogP contribution in [0.3, 0.4) is 0 Å². The lowest BCUT2D eigenvalue weighted by atomic mass is 10.0. The number of hydrogen-bond acceptors (Lipinski definition) is 4. The minimum Gasteiger partial charge on any atom is -0.494 e. The summed E-state index contributed by atoms with van der Waals surface area (Å²) in [7, 11) is 3.28. The molecule has 4 heteroatoms. The minimum absolute atomic E-state index is 0.0484.